The van der Waals surface area contributed by atoms with E-state index in [1.54, 1.807) is 6.92 Å². The molecule has 1 rings (SSSR count). The standard InChI is InChI=1S/C23H34N6O8/c1-3-11(2)19(26)22(35)28-15(10-18(25)32)20(33)27-14(9-17(24)31)21(34)29-16(23(36)37)8-12-4-6-13(30)7-5-12/h4-7,11,14-16,19,30H,3,8-10,26H2,1-2H3,(H2,24,31)(H2,25,32)(H,27,33)(H,28,35)(H,29,34)(H,36,37). The molecule has 0 saturated heterocycles. The number of nitrogens with two attached hydrogens (primary N) is 3. The average Bonchev–Trinajstić information content (AvgIpc) is 2.82. The van der Waals surface area contributed by atoms with Gasteiger partial charge < -0.3 is 43.4 Å². The number of phenolic OH excluding ortho intramolecular Hbond substituents is 1. The van der Waals surface area contributed by atoms with Gasteiger partial charge in [0.05, 0.1) is 18.9 Å². The van der Waals surface area contributed by atoms with Crippen LogP contribution in [0.3, 0.4) is 0 Å². The van der Waals surface area contributed by atoms with Crippen molar-refractivity contribution in [2.45, 2.75) is 63.7 Å². The van der Waals surface area contributed by atoms with Crippen molar-refractivity contribution in [1.29, 1.82) is 0 Å². The zero-order valence-corrected chi connectivity index (χ0v) is 20.6. The van der Waals surface area contributed by atoms with Gasteiger partial charge in [-0.15, -0.1) is 0 Å². The van der Waals surface area contributed by atoms with Crippen molar-refractivity contribution in [3.05, 3.63) is 29.8 Å². The van der Waals surface area contributed by atoms with Gasteiger partial charge in [0.2, 0.25) is 29.5 Å². The van der Waals surface area contributed by atoms with Crippen molar-refractivity contribution < 1.29 is 39.0 Å². The van der Waals surface area contributed by atoms with E-state index < -0.39 is 72.5 Å². The summed E-state index contributed by atoms with van der Waals surface area (Å²) in [4.78, 5) is 72.9. The highest BCUT2D eigenvalue weighted by Crippen LogP contribution is 2.12. The highest BCUT2D eigenvalue weighted by molar-refractivity contribution is 5.97. The van der Waals surface area contributed by atoms with Gasteiger partial charge in [0.25, 0.3) is 0 Å². The van der Waals surface area contributed by atoms with Crippen molar-refractivity contribution in [1.82, 2.24) is 16.0 Å². The number of aliphatic carboxylic acids is 1. The van der Waals surface area contributed by atoms with Crippen molar-refractivity contribution in [2.75, 3.05) is 0 Å². The molecule has 14 heteroatoms. The molecular weight excluding hydrogens is 488 g/mol. The maximum Gasteiger partial charge on any atom is 0.326 e. The number of amides is 5. The monoisotopic (exact) mass is 522 g/mol. The molecule has 0 aliphatic heterocycles. The van der Waals surface area contributed by atoms with Crippen LogP contribution in [0.5, 0.6) is 5.75 Å². The van der Waals surface area contributed by atoms with Crippen LogP contribution in [-0.2, 0) is 35.2 Å². The van der Waals surface area contributed by atoms with E-state index in [4.69, 9.17) is 17.2 Å². The van der Waals surface area contributed by atoms with E-state index in [0.717, 1.165) is 0 Å². The third kappa shape index (κ3) is 10.5. The summed E-state index contributed by atoms with van der Waals surface area (Å²) in [5.41, 5.74) is 16.7. The maximum absolute atomic E-state index is 12.9. The minimum Gasteiger partial charge on any atom is -0.508 e. The first-order chi connectivity index (χ1) is 17.2. The number of aromatic hydroxyl groups is 1. The summed E-state index contributed by atoms with van der Waals surface area (Å²) in [5.74, 6) is -6.41. The fourth-order valence-corrected chi connectivity index (χ4v) is 3.21. The smallest absolute Gasteiger partial charge is 0.326 e. The molecule has 5 atom stereocenters. The molecule has 0 heterocycles. The number of carboxylic acids is 1. The predicted molar refractivity (Wildman–Crippen MR) is 130 cm³/mol. The van der Waals surface area contributed by atoms with E-state index in [2.05, 4.69) is 16.0 Å². The second-order valence-electron chi connectivity index (χ2n) is 8.64. The lowest BCUT2D eigenvalue weighted by Gasteiger charge is -2.25. The molecule has 204 valence electrons. The van der Waals surface area contributed by atoms with Crippen LogP contribution in [0.25, 0.3) is 0 Å². The lowest BCUT2D eigenvalue weighted by atomic mass is 9.99. The first-order valence-corrected chi connectivity index (χ1v) is 11.5. The van der Waals surface area contributed by atoms with Gasteiger partial charge in [0.15, 0.2) is 0 Å². The van der Waals surface area contributed by atoms with Gasteiger partial charge in [-0.1, -0.05) is 32.4 Å². The van der Waals surface area contributed by atoms with E-state index >= 15 is 0 Å². The second-order valence-corrected chi connectivity index (χ2v) is 8.64. The molecule has 0 aliphatic carbocycles. The highest BCUT2D eigenvalue weighted by atomic mass is 16.4. The Hall–Kier alpha value is -4.20. The second kappa shape index (κ2) is 14.4. The van der Waals surface area contributed by atoms with E-state index in [9.17, 15) is 39.0 Å². The van der Waals surface area contributed by atoms with Gasteiger partial charge in [0, 0.05) is 6.42 Å². The Morgan fingerprint density at radius 1 is 0.811 bits per heavy atom. The normalized spacial score (nSPS) is 14.8. The number of rotatable bonds is 15. The lowest BCUT2D eigenvalue weighted by molar-refractivity contribution is -0.142. The van der Waals surface area contributed by atoms with Crippen LogP contribution in [0.1, 0.15) is 38.7 Å². The van der Waals surface area contributed by atoms with Gasteiger partial charge in [-0.05, 0) is 23.6 Å². The molecule has 1 aromatic rings. The van der Waals surface area contributed by atoms with Crippen molar-refractivity contribution >= 4 is 35.5 Å². The molecule has 0 saturated carbocycles. The number of carboxylic acid groups (broad SMARTS) is 1. The third-order valence-electron chi connectivity index (χ3n) is 5.63. The van der Waals surface area contributed by atoms with Crippen LogP contribution in [0.4, 0.5) is 0 Å². The van der Waals surface area contributed by atoms with Crippen molar-refractivity contribution in [3.63, 3.8) is 0 Å². The summed E-state index contributed by atoms with van der Waals surface area (Å²) >= 11 is 0. The first-order valence-electron chi connectivity index (χ1n) is 11.5. The van der Waals surface area contributed by atoms with Gasteiger partial charge in [-0.25, -0.2) is 4.79 Å². The van der Waals surface area contributed by atoms with E-state index in [1.165, 1.54) is 24.3 Å². The molecule has 0 fully saturated rings. The quantitative estimate of drug-likeness (QED) is 0.122. The first kappa shape index (κ1) is 30.8. The number of hydrogen-bond donors (Lipinski definition) is 8. The largest absolute Gasteiger partial charge is 0.508 e. The number of carbonyl (C=O) groups excluding carboxylic acids is 5. The van der Waals surface area contributed by atoms with Gasteiger partial charge in [0.1, 0.15) is 23.9 Å². The molecule has 1 aromatic carbocycles. The number of benzene rings is 1. The lowest BCUT2D eigenvalue weighted by Crippen LogP contribution is -2.59. The van der Waals surface area contributed by atoms with Crippen LogP contribution < -0.4 is 33.2 Å². The van der Waals surface area contributed by atoms with Gasteiger partial charge >= 0.3 is 5.97 Å². The van der Waals surface area contributed by atoms with Crippen LogP contribution in [-0.4, -0.2) is 69.9 Å². The maximum atomic E-state index is 12.9. The Bertz CT molecular complexity index is 999. The zero-order chi connectivity index (χ0) is 28.3. The van der Waals surface area contributed by atoms with Crippen LogP contribution in [0.15, 0.2) is 24.3 Å². The van der Waals surface area contributed by atoms with Crippen molar-refractivity contribution in [2.24, 2.45) is 23.1 Å². The fraction of sp³-hybridized carbons (Fsp3) is 0.478. The molecule has 0 aliphatic rings. The van der Waals surface area contributed by atoms with E-state index in [1.807, 2.05) is 6.92 Å². The summed E-state index contributed by atoms with van der Waals surface area (Å²) in [6.07, 6.45) is -0.940. The fourth-order valence-electron chi connectivity index (χ4n) is 3.21. The minimum atomic E-state index is -1.62. The average molecular weight is 523 g/mol. The highest BCUT2D eigenvalue weighted by Gasteiger charge is 2.32. The summed E-state index contributed by atoms with van der Waals surface area (Å²) in [6, 6.07) is 0.00701. The molecular formula is C23H34N6O8. The summed E-state index contributed by atoms with van der Waals surface area (Å²) < 4.78 is 0. The van der Waals surface area contributed by atoms with Crippen LogP contribution in [0, 0.1) is 5.92 Å². The Kier molecular flexibility index (Phi) is 12.0. The zero-order valence-electron chi connectivity index (χ0n) is 20.6. The third-order valence-corrected chi connectivity index (χ3v) is 5.63. The number of carbonyl (C=O) groups is 6. The predicted octanol–water partition coefficient (Wildman–Crippen LogP) is -2.40. The van der Waals surface area contributed by atoms with Crippen LogP contribution >= 0.6 is 0 Å². The molecule has 0 radical (unpaired) electrons. The SMILES string of the molecule is CCC(C)C(N)C(=O)NC(CC(N)=O)C(=O)NC(CC(N)=O)C(=O)NC(Cc1ccc(O)cc1)C(=O)O. The van der Waals surface area contributed by atoms with Crippen molar-refractivity contribution in [3.8, 4) is 5.75 Å². The Morgan fingerprint density at radius 3 is 1.65 bits per heavy atom. The molecule has 0 aromatic heterocycles. The topological polar surface area (TPSA) is 257 Å². The number of phenols is 1. The minimum absolute atomic E-state index is 0.0355. The molecule has 14 nitrogen and oxygen atoms in total. The molecule has 0 bridgehead atoms. The number of hydrogen-bond acceptors (Lipinski definition) is 8. The molecule has 0 spiro atoms. The molecule has 37 heavy (non-hydrogen) atoms. The number of nitrogens with one attached hydrogen (secondary N) is 3. The molecule has 5 amide bonds. The summed E-state index contributed by atoms with van der Waals surface area (Å²) in [7, 11) is 0. The summed E-state index contributed by atoms with van der Waals surface area (Å²) in [5, 5.41) is 25.7. The molecule has 11 N–H and O–H groups in total. The van der Waals surface area contributed by atoms with Gasteiger partial charge in [-0.3, -0.25) is 24.0 Å². The Labute approximate surface area is 213 Å². The number of primary amides is 2. The van der Waals surface area contributed by atoms with Gasteiger partial charge in [-0.2, -0.15) is 0 Å². The Balaban J connectivity index is 3.05. The van der Waals surface area contributed by atoms with E-state index in [-0.39, 0.29) is 18.1 Å². The Morgan fingerprint density at radius 2 is 1.24 bits per heavy atom. The molecule has 5 unspecified atom stereocenters. The summed E-state index contributed by atoms with van der Waals surface area (Å²) in [6.45, 7) is 3.53. The van der Waals surface area contributed by atoms with E-state index in [0.29, 0.717) is 12.0 Å². The van der Waals surface area contributed by atoms with Crippen LogP contribution in [0.2, 0.25) is 0 Å².